The zero-order valence-electron chi connectivity index (χ0n) is 18.2. The molecule has 15 heteroatoms. The maximum absolute atomic E-state index is 13.7. The Kier molecular flexibility index (Phi) is 6.62. The smallest absolute Gasteiger partial charge is 0.327 e. The number of hydrogen-bond donors (Lipinski definition) is 3. The Balaban J connectivity index is 1.83. The van der Waals surface area contributed by atoms with Gasteiger partial charge in [0.2, 0.25) is 10.0 Å². The van der Waals surface area contributed by atoms with Gasteiger partial charge in [-0.25, -0.2) is 36.5 Å². The molecule has 0 fully saturated rings. The Labute approximate surface area is 201 Å². The number of imidazole rings is 1. The number of anilines is 5. The molecule has 0 unspecified atom stereocenters. The van der Waals surface area contributed by atoms with E-state index in [2.05, 4.69) is 30.6 Å². The second-order valence-electron chi connectivity index (χ2n) is 7.30. The molecule has 0 aliphatic carbocycles. The van der Waals surface area contributed by atoms with Crippen molar-refractivity contribution >= 4 is 49.9 Å². The van der Waals surface area contributed by atoms with Gasteiger partial charge in [0.15, 0.2) is 11.5 Å². The maximum Gasteiger partial charge on any atom is 0.327 e. The predicted molar refractivity (Wildman–Crippen MR) is 124 cm³/mol. The highest BCUT2D eigenvalue weighted by Gasteiger charge is 2.29. The van der Waals surface area contributed by atoms with E-state index in [1.165, 1.54) is 36.4 Å². The highest BCUT2D eigenvalue weighted by atomic mass is 32.2. The number of fused-ring (bicyclic) bond motifs is 1. The fourth-order valence-corrected chi connectivity index (χ4v) is 4.12. The molecule has 0 radical (unpaired) electrons. The molecule has 0 spiro atoms. The third-order valence-corrected chi connectivity index (χ3v) is 5.81. The summed E-state index contributed by atoms with van der Waals surface area (Å²) in [5.74, 6) is -0.369. The molecule has 3 N–H and O–H groups in total. The van der Waals surface area contributed by atoms with Crippen molar-refractivity contribution in [3.8, 4) is 6.07 Å². The molecule has 186 valence electrons. The fourth-order valence-electron chi connectivity index (χ4n) is 3.31. The summed E-state index contributed by atoms with van der Waals surface area (Å²) < 4.78 is 78.0. The number of para-hydroxylation sites is 2. The normalized spacial score (nSPS) is 11.6. The van der Waals surface area contributed by atoms with E-state index in [0.29, 0.717) is 6.26 Å². The standard InChI is InChI=1S/C21H16F4N8O2S/c1-36(34,35)33(21(24)25)14-7-3-2-6-12(14)28-13-9-16(29-15-8-4-5-11(10-26)27-15)30-19-17(13)31-20(32-19)18(22)23/h2-9,18,21H,1H3,(H3,27,28,29,30,31,32). The molecule has 36 heavy (non-hydrogen) atoms. The Morgan fingerprint density at radius 2 is 1.72 bits per heavy atom. The van der Waals surface area contributed by atoms with Gasteiger partial charge in [-0.15, -0.1) is 0 Å². The Morgan fingerprint density at radius 3 is 2.39 bits per heavy atom. The van der Waals surface area contributed by atoms with E-state index in [0.717, 1.165) is 0 Å². The molecule has 0 bridgehead atoms. The molecule has 10 nitrogen and oxygen atoms in total. The number of H-pyrrole nitrogens is 1. The summed E-state index contributed by atoms with van der Waals surface area (Å²) in [7, 11) is -4.37. The summed E-state index contributed by atoms with van der Waals surface area (Å²) in [5, 5.41) is 14.7. The number of halogens is 4. The van der Waals surface area contributed by atoms with Crippen LogP contribution in [0.25, 0.3) is 11.2 Å². The number of pyridine rings is 2. The van der Waals surface area contributed by atoms with Crippen molar-refractivity contribution in [2.24, 2.45) is 0 Å². The van der Waals surface area contributed by atoms with Gasteiger partial charge in [-0.2, -0.15) is 14.0 Å². The third kappa shape index (κ3) is 5.13. The molecular weight excluding hydrogens is 504 g/mol. The van der Waals surface area contributed by atoms with Gasteiger partial charge in [0.1, 0.15) is 28.9 Å². The second kappa shape index (κ2) is 9.66. The number of alkyl halides is 4. The molecule has 0 saturated carbocycles. The lowest BCUT2D eigenvalue weighted by Gasteiger charge is -2.24. The van der Waals surface area contributed by atoms with E-state index in [1.807, 2.05) is 6.07 Å². The average Bonchev–Trinajstić information content (AvgIpc) is 3.24. The zero-order valence-corrected chi connectivity index (χ0v) is 19.1. The van der Waals surface area contributed by atoms with Gasteiger partial charge < -0.3 is 15.6 Å². The first-order valence-corrected chi connectivity index (χ1v) is 11.9. The van der Waals surface area contributed by atoms with Crippen molar-refractivity contribution in [3.63, 3.8) is 0 Å². The van der Waals surface area contributed by atoms with Crippen molar-refractivity contribution < 1.29 is 26.0 Å². The highest BCUT2D eigenvalue weighted by molar-refractivity contribution is 7.92. The van der Waals surface area contributed by atoms with Gasteiger partial charge in [-0.1, -0.05) is 18.2 Å². The van der Waals surface area contributed by atoms with Crippen LogP contribution in [-0.2, 0) is 10.0 Å². The number of aromatic amines is 1. The van der Waals surface area contributed by atoms with Gasteiger partial charge in [0.25, 0.3) is 6.43 Å². The number of nitrogens with one attached hydrogen (secondary N) is 3. The number of rotatable bonds is 8. The van der Waals surface area contributed by atoms with Crippen LogP contribution in [0.2, 0.25) is 0 Å². The largest absolute Gasteiger partial charge is 0.352 e. The minimum atomic E-state index is -4.37. The lowest BCUT2D eigenvalue weighted by molar-refractivity contribution is 0.142. The maximum atomic E-state index is 13.7. The lowest BCUT2D eigenvalue weighted by Crippen LogP contribution is -2.35. The average molecular weight is 520 g/mol. The van der Waals surface area contributed by atoms with Crippen LogP contribution in [0.3, 0.4) is 0 Å². The first-order chi connectivity index (χ1) is 17.1. The number of hydrogen-bond acceptors (Lipinski definition) is 8. The highest BCUT2D eigenvalue weighted by Crippen LogP contribution is 2.35. The van der Waals surface area contributed by atoms with Crippen molar-refractivity contribution in [2.75, 3.05) is 21.2 Å². The topological polar surface area (TPSA) is 140 Å². The van der Waals surface area contributed by atoms with Crippen LogP contribution in [0.4, 0.5) is 46.3 Å². The Morgan fingerprint density at radius 1 is 0.972 bits per heavy atom. The summed E-state index contributed by atoms with van der Waals surface area (Å²) in [6, 6.07) is 13.2. The SMILES string of the molecule is CS(=O)(=O)N(c1ccccc1Nc1cc(Nc2cccc(C#N)n2)nc2[nH]c(C(F)F)nc12)C(F)F. The molecule has 0 aliphatic rings. The van der Waals surface area contributed by atoms with Crippen molar-refractivity contribution in [3.05, 3.63) is 60.0 Å². The van der Waals surface area contributed by atoms with Crippen molar-refractivity contribution in [1.82, 2.24) is 19.9 Å². The first-order valence-electron chi connectivity index (χ1n) is 10.0. The van der Waals surface area contributed by atoms with Gasteiger partial charge in [0, 0.05) is 6.07 Å². The molecule has 3 aromatic heterocycles. The molecule has 1 aromatic carbocycles. The molecular formula is C21H16F4N8O2S. The summed E-state index contributed by atoms with van der Waals surface area (Å²) in [6.07, 6.45) is -2.32. The van der Waals surface area contributed by atoms with Crippen LogP contribution < -0.4 is 14.9 Å². The molecule has 4 aromatic rings. The van der Waals surface area contributed by atoms with Crippen molar-refractivity contribution in [2.45, 2.75) is 13.0 Å². The van der Waals surface area contributed by atoms with Gasteiger partial charge >= 0.3 is 6.55 Å². The monoisotopic (exact) mass is 520 g/mol. The fraction of sp³-hybridized carbons (Fsp3) is 0.143. The van der Waals surface area contributed by atoms with Crippen LogP contribution in [0.1, 0.15) is 17.9 Å². The van der Waals surface area contributed by atoms with Crippen LogP contribution in [0.5, 0.6) is 0 Å². The number of nitriles is 1. The van der Waals surface area contributed by atoms with E-state index in [9.17, 15) is 26.0 Å². The van der Waals surface area contributed by atoms with E-state index in [4.69, 9.17) is 5.26 Å². The molecule has 0 amide bonds. The van der Waals surface area contributed by atoms with E-state index >= 15 is 0 Å². The number of nitrogens with zero attached hydrogens (tertiary/aromatic N) is 5. The van der Waals surface area contributed by atoms with Crippen LogP contribution in [0, 0.1) is 11.3 Å². The minimum absolute atomic E-state index is 0.0488. The first kappa shape index (κ1) is 24.7. The van der Waals surface area contributed by atoms with Crippen LogP contribution >= 0.6 is 0 Å². The number of benzene rings is 1. The molecule has 0 aliphatic heterocycles. The van der Waals surface area contributed by atoms with Gasteiger partial charge in [0.05, 0.1) is 23.3 Å². The lowest BCUT2D eigenvalue weighted by atomic mass is 10.2. The number of aromatic nitrogens is 4. The van der Waals surface area contributed by atoms with E-state index < -0.39 is 28.8 Å². The molecule has 4 rings (SSSR count). The van der Waals surface area contributed by atoms with Gasteiger partial charge in [-0.05, 0) is 24.3 Å². The van der Waals surface area contributed by atoms with Gasteiger partial charge in [-0.3, -0.25) is 0 Å². The molecule has 0 saturated heterocycles. The Hall–Kier alpha value is -4.45. The summed E-state index contributed by atoms with van der Waals surface area (Å²) in [5.41, 5.74) is -0.386. The molecule has 0 atom stereocenters. The minimum Gasteiger partial charge on any atom is -0.352 e. The second-order valence-corrected chi connectivity index (χ2v) is 9.16. The summed E-state index contributed by atoms with van der Waals surface area (Å²) in [4.78, 5) is 14.5. The quantitative estimate of drug-likeness (QED) is 0.226. The number of sulfonamides is 1. The van der Waals surface area contributed by atoms with Crippen LogP contribution in [-0.4, -0.2) is 41.2 Å². The summed E-state index contributed by atoms with van der Waals surface area (Å²) in [6.45, 7) is -3.38. The van der Waals surface area contributed by atoms with Crippen molar-refractivity contribution in [1.29, 1.82) is 5.26 Å². The molecule has 3 heterocycles. The Bertz CT molecular complexity index is 1570. The zero-order chi connectivity index (χ0) is 26.0. The van der Waals surface area contributed by atoms with Crippen LogP contribution in [0.15, 0.2) is 48.5 Å². The summed E-state index contributed by atoms with van der Waals surface area (Å²) >= 11 is 0. The predicted octanol–water partition coefficient (Wildman–Crippen LogP) is 4.64. The van der Waals surface area contributed by atoms with E-state index in [-0.39, 0.29) is 49.9 Å². The third-order valence-electron chi connectivity index (χ3n) is 4.74. The van der Waals surface area contributed by atoms with E-state index in [1.54, 1.807) is 12.1 Å².